The van der Waals surface area contributed by atoms with Crippen LogP contribution >= 0.6 is 23.8 Å². The highest BCUT2D eigenvalue weighted by Crippen LogP contribution is 2.26. The van der Waals surface area contributed by atoms with Crippen LogP contribution in [0.5, 0.6) is 5.75 Å². The van der Waals surface area contributed by atoms with Crippen molar-refractivity contribution in [2.45, 2.75) is 6.92 Å². The highest BCUT2D eigenvalue weighted by molar-refractivity contribution is 7.80. The Morgan fingerprint density at radius 2 is 2.24 bits per heavy atom. The normalized spacial score (nSPS) is 11.7. The Labute approximate surface area is 110 Å². The van der Waals surface area contributed by atoms with Crippen molar-refractivity contribution < 1.29 is 9.53 Å². The summed E-state index contributed by atoms with van der Waals surface area (Å²) in [6.07, 6.45) is 0. The summed E-state index contributed by atoms with van der Waals surface area (Å²) < 4.78 is 5.04. The van der Waals surface area contributed by atoms with Crippen LogP contribution in [0, 0.1) is 5.92 Å². The number of nitrogens with two attached hydrogens (primary N) is 1. The maximum Gasteiger partial charge on any atom is 0.234 e. The van der Waals surface area contributed by atoms with Crippen molar-refractivity contribution in [2.75, 3.05) is 12.4 Å². The molecule has 0 aromatic heterocycles. The van der Waals surface area contributed by atoms with Gasteiger partial charge in [0.25, 0.3) is 0 Å². The van der Waals surface area contributed by atoms with Crippen LogP contribution in [-0.4, -0.2) is 18.0 Å². The molecule has 0 radical (unpaired) electrons. The molecule has 0 fully saturated rings. The van der Waals surface area contributed by atoms with E-state index in [0.717, 1.165) is 0 Å². The number of hydrogen-bond acceptors (Lipinski definition) is 3. The fourth-order valence-corrected chi connectivity index (χ4v) is 1.37. The number of rotatable bonds is 4. The fourth-order valence-electron chi connectivity index (χ4n) is 1.10. The summed E-state index contributed by atoms with van der Waals surface area (Å²) in [7, 11) is 1.53. The van der Waals surface area contributed by atoms with Gasteiger partial charge in [-0.2, -0.15) is 0 Å². The zero-order valence-corrected chi connectivity index (χ0v) is 11.1. The number of halogens is 1. The van der Waals surface area contributed by atoms with Crippen molar-refractivity contribution in [2.24, 2.45) is 11.7 Å². The summed E-state index contributed by atoms with van der Waals surface area (Å²) in [6.45, 7) is 1.63. The quantitative estimate of drug-likeness (QED) is 0.825. The van der Waals surface area contributed by atoms with Crippen LogP contribution in [0.15, 0.2) is 18.2 Å². The number of benzene rings is 1. The number of carbonyl (C=O) groups excluding carboxylic acids is 1. The number of carbonyl (C=O) groups is 1. The third kappa shape index (κ3) is 3.57. The first-order valence-corrected chi connectivity index (χ1v) is 5.68. The predicted octanol–water partition coefficient (Wildman–Crippen LogP) is 2.21. The first-order valence-electron chi connectivity index (χ1n) is 4.89. The highest BCUT2D eigenvalue weighted by Gasteiger charge is 2.16. The van der Waals surface area contributed by atoms with Crippen molar-refractivity contribution in [1.82, 2.24) is 0 Å². The van der Waals surface area contributed by atoms with Crippen LogP contribution in [0.3, 0.4) is 0 Å². The smallest absolute Gasteiger partial charge is 0.234 e. The number of hydrogen-bond donors (Lipinski definition) is 2. The van der Waals surface area contributed by atoms with Crippen LogP contribution in [-0.2, 0) is 4.79 Å². The maximum atomic E-state index is 11.7. The van der Waals surface area contributed by atoms with E-state index in [1.807, 2.05) is 0 Å². The van der Waals surface area contributed by atoms with Crippen molar-refractivity contribution >= 4 is 40.4 Å². The summed E-state index contributed by atoms with van der Waals surface area (Å²) in [4.78, 5) is 11.9. The van der Waals surface area contributed by atoms with Crippen LogP contribution in [0.4, 0.5) is 5.69 Å². The average molecular weight is 273 g/mol. The number of anilines is 1. The van der Waals surface area contributed by atoms with Gasteiger partial charge in [-0.25, -0.2) is 0 Å². The number of methoxy groups -OCH3 is 1. The zero-order chi connectivity index (χ0) is 13.0. The Kier molecular flexibility index (Phi) is 4.72. The minimum Gasteiger partial charge on any atom is -0.497 e. The third-order valence-electron chi connectivity index (χ3n) is 2.25. The van der Waals surface area contributed by atoms with Crippen molar-refractivity contribution in [1.29, 1.82) is 0 Å². The molecule has 1 amide bonds. The molecule has 0 heterocycles. The molecule has 0 aliphatic carbocycles. The van der Waals surface area contributed by atoms with Gasteiger partial charge in [-0.1, -0.05) is 23.8 Å². The molecule has 0 bridgehead atoms. The lowest BCUT2D eigenvalue weighted by molar-refractivity contribution is -0.117. The van der Waals surface area contributed by atoms with Crippen LogP contribution in [0.2, 0.25) is 5.02 Å². The molecule has 1 unspecified atom stereocenters. The zero-order valence-electron chi connectivity index (χ0n) is 9.49. The van der Waals surface area contributed by atoms with Crippen LogP contribution in [0.25, 0.3) is 0 Å². The lowest BCUT2D eigenvalue weighted by atomic mass is 10.1. The van der Waals surface area contributed by atoms with Crippen molar-refractivity contribution in [3.8, 4) is 5.75 Å². The second-order valence-corrected chi connectivity index (χ2v) is 4.34. The minimum atomic E-state index is -0.549. The van der Waals surface area contributed by atoms with E-state index in [4.69, 9.17) is 34.3 Å². The van der Waals surface area contributed by atoms with Gasteiger partial charge in [0.1, 0.15) is 5.75 Å². The second-order valence-electron chi connectivity index (χ2n) is 3.46. The predicted molar refractivity (Wildman–Crippen MR) is 72.6 cm³/mol. The summed E-state index contributed by atoms with van der Waals surface area (Å²) in [6, 6.07) is 4.98. The number of nitrogens with one attached hydrogen (secondary N) is 1. The summed E-state index contributed by atoms with van der Waals surface area (Å²) >= 11 is 10.7. The molecular formula is C11H13ClN2O2S. The third-order valence-corrected chi connectivity index (χ3v) is 2.93. The first-order chi connectivity index (χ1) is 7.95. The van der Waals surface area contributed by atoms with Crippen LogP contribution < -0.4 is 15.8 Å². The Balaban J connectivity index is 2.87. The standard InChI is InChI=1S/C11H13ClN2O2S/c1-6(10(13)17)11(15)14-9-5-7(16-2)3-4-8(9)12/h3-6H,1-2H3,(H2,13,17)(H,14,15). The van der Waals surface area contributed by atoms with E-state index < -0.39 is 5.92 Å². The molecule has 0 saturated heterocycles. The van der Waals surface area contributed by atoms with Crippen LogP contribution in [0.1, 0.15) is 6.92 Å². The van der Waals surface area contributed by atoms with E-state index in [1.54, 1.807) is 25.1 Å². The Hall–Kier alpha value is -1.33. The SMILES string of the molecule is COc1ccc(Cl)c(NC(=O)C(C)C(N)=S)c1. The van der Waals surface area contributed by atoms with E-state index in [9.17, 15) is 4.79 Å². The number of amides is 1. The average Bonchev–Trinajstić information content (AvgIpc) is 2.30. The topological polar surface area (TPSA) is 64.3 Å². The molecule has 4 nitrogen and oxygen atoms in total. The van der Waals surface area contributed by atoms with E-state index in [2.05, 4.69) is 5.32 Å². The highest BCUT2D eigenvalue weighted by atomic mass is 35.5. The lowest BCUT2D eigenvalue weighted by Gasteiger charge is -2.12. The van der Waals surface area contributed by atoms with Gasteiger partial charge in [-0.05, 0) is 19.1 Å². The lowest BCUT2D eigenvalue weighted by Crippen LogP contribution is -2.30. The maximum absolute atomic E-state index is 11.7. The molecule has 0 aliphatic heterocycles. The summed E-state index contributed by atoms with van der Waals surface area (Å²) in [5.74, 6) is -0.243. The van der Waals surface area contributed by atoms with Crippen molar-refractivity contribution in [3.05, 3.63) is 23.2 Å². The van der Waals surface area contributed by atoms with Gasteiger partial charge in [0.05, 0.1) is 28.7 Å². The number of ether oxygens (including phenoxy) is 1. The van der Waals surface area contributed by atoms with E-state index >= 15 is 0 Å². The van der Waals surface area contributed by atoms with Gasteiger partial charge in [-0.3, -0.25) is 4.79 Å². The molecule has 0 saturated carbocycles. The minimum absolute atomic E-state index is 0.140. The van der Waals surface area contributed by atoms with Gasteiger partial charge in [0, 0.05) is 6.07 Å². The van der Waals surface area contributed by atoms with E-state index in [0.29, 0.717) is 16.5 Å². The molecule has 6 heteroatoms. The Morgan fingerprint density at radius 1 is 1.59 bits per heavy atom. The fraction of sp³-hybridized carbons (Fsp3) is 0.273. The van der Waals surface area contributed by atoms with Crippen molar-refractivity contribution in [3.63, 3.8) is 0 Å². The summed E-state index contributed by atoms with van der Waals surface area (Å²) in [5.41, 5.74) is 5.87. The van der Waals surface area contributed by atoms with E-state index in [-0.39, 0.29) is 10.9 Å². The van der Waals surface area contributed by atoms with Gasteiger partial charge in [-0.15, -0.1) is 0 Å². The monoisotopic (exact) mass is 272 g/mol. The Morgan fingerprint density at radius 3 is 2.76 bits per heavy atom. The first kappa shape index (κ1) is 13.7. The molecule has 0 aliphatic rings. The molecule has 3 N–H and O–H groups in total. The molecular weight excluding hydrogens is 260 g/mol. The molecule has 1 rings (SSSR count). The van der Waals surface area contributed by atoms with Gasteiger partial charge < -0.3 is 15.8 Å². The van der Waals surface area contributed by atoms with Gasteiger partial charge >= 0.3 is 0 Å². The largest absolute Gasteiger partial charge is 0.497 e. The molecule has 1 aromatic carbocycles. The van der Waals surface area contributed by atoms with Gasteiger partial charge in [0.2, 0.25) is 5.91 Å². The van der Waals surface area contributed by atoms with E-state index in [1.165, 1.54) is 7.11 Å². The molecule has 17 heavy (non-hydrogen) atoms. The summed E-state index contributed by atoms with van der Waals surface area (Å²) in [5, 5.41) is 3.07. The molecule has 0 spiro atoms. The molecule has 1 atom stereocenters. The van der Waals surface area contributed by atoms with Gasteiger partial charge in [0.15, 0.2) is 0 Å². The molecule has 92 valence electrons. The Bertz CT molecular complexity index is 451. The number of thiocarbonyl (C=S) groups is 1. The second kappa shape index (κ2) is 5.84. The molecule has 1 aromatic rings.